The van der Waals surface area contributed by atoms with Gasteiger partial charge >= 0.3 is 0 Å². The van der Waals surface area contributed by atoms with Crippen LogP contribution >= 0.6 is 0 Å². The van der Waals surface area contributed by atoms with Gasteiger partial charge < -0.3 is 5.32 Å². The summed E-state index contributed by atoms with van der Waals surface area (Å²) >= 11 is 0. The lowest BCUT2D eigenvalue weighted by atomic mass is 10.1. The summed E-state index contributed by atoms with van der Waals surface area (Å²) in [5.41, 5.74) is 6.99. The number of hydrogen-bond acceptors (Lipinski definition) is 5. The molecule has 1 amide bonds. The van der Waals surface area contributed by atoms with Crippen molar-refractivity contribution in [3.05, 3.63) is 35.9 Å². The second-order valence-corrected chi connectivity index (χ2v) is 8.41. The molecule has 1 fully saturated rings. The number of likely N-dealkylation sites (N-methyl/N-ethyl adjacent to an activating group) is 1. The van der Waals surface area contributed by atoms with Crippen LogP contribution < -0.4 is 16.2 Å². The average Bonchev–Trinajstić information content (AvgIpc) is 2.87. The fraction of sp³-hybridized carbons (Fsp3) is 0.562. The number of carbonyl (C=O) groups is 1. The van der Waals surface area contributed by atoms with Gasteiger partial charge in [-0.3, -0.25) is 15.6 Å². The second kappa shape index (κ2) is 8.06. The molecule has 0 spiro atoms. The summed E-state index contributed by atoms with van der Waals surface area (Å²) in [6, 6.07) is 9.39. The highest BCUT2D eigenvalue weighted by molar-refractivity contribution is 7.89. The van der Waals surface area contributed by atoms with E-state index in [0.717, 1.165) is 9.87 Å². The summed E-state index contributed by atoms with van der Waals surface area (Å²) in [6.07, 6.45) is 0.716. The Morgan fingerprint density at radius 3 is 2.33 bits per heavy atom. The van der Waals surface area contributed by atoms with Gasteiger partial charge in [0.15, 0.2) is 0 Å². The van der Waals surface area contributed by atoms with Crippen LogP contribution in [0.5, 0.6) is 0 Å². The Bertz CT molecular complexity index is 641. The average molecular weight is 354 g/mol. The lowest BCUT2D eigenvalue weighted by Crippen LogP contribution is -2.48. The Morgan fingerprint density at radius 1 is 1.17 bits per heavy atom. The van der Waals surface area contributed by atoms with Gasteiger partial charge in [0.25, 0.3) is 0 Å². The number of hydrogen-bond donors (Lipinski definition) is 3. The minimum absolute atomic E-state index is 0.174. The Kier molecular flexibility index (Phi) is 6.34. The summed E-state index contributed by atoms with van der Waals surface area (Å²) in [5.74, 6) is -0.295. The number of nitrogens with zero attached hydrogens (tertiary/aromatic N) is 1. The number of nitrogens with one attached hydrogen (secondary N) is 3. The van der Waals surface area contributed by atoms with Crippen LogP contribution in [0, 0.1) is 0 Å². The summed E-state index contributed by atoms with van der Waals surface area (Å²) in [4.78, 5) is 12.0. The van der Waals surface area contributed by atoms with Crippen molar-refractivity contribution in [2.45, 2.75) is 37.6 Å². The summed E-state index contributed by atoms with van der Waals surface area (Å²) in [7, 11) is -2.11. The van der Waals surface area contributed by atoms with Gasteiger partial charge in [-0.1, -0.05) is 30.3 Å². The van der Waals surface area contributed by atoms with E-state index in [9.17, 15) is 13.2 Å². The highest BCUT2D eigenvalue weighted by Crippen LogP contribution is 2.18. The quantitative estimate of drug-likeness (QED) is 0.634. The van der Waals surface area contributed by atoms with Gasteiger partial charge in [0.2, 0.25) is 15.9 Å². The van der Waals surface area contributed by atoms with Gasteiger partial charge in [0, 0.05) is 25.7 Å². The predicted molar refractivity (Wildman–Crippen MR) is 93.7 cm³/mol. The first kappa shape index (κ1) is 18.9. The normalized spacial score (nSPS) is 24.2. The van der Waals surface area contributed by atoms with Crippen LogP contribution in [0.3, 0.4) is 0 Å². The van der Waals surface area contributed by atoms with Gasteiger partial charge in [-0.2, -0.15) is 4.31 Å². The van der Waals surface area contributed by atoms with Crippen LogP contribution in [-0.4, -0.2) is 56.1 Å². The van der Waals surface area contributed by atoms with Crippen molar-refractivity contribution in [2.24, 2.45) is 0 Å². The summed E-state index contributed by atoms with van der Waals surface area (Å²) in [5, 5.41) is 2.17. The third-order valence-corrected chi connectivity index (χ3v) is 6.75. The molecule has 134 valence electrons. The van der Waals surface area contributed by atoms with E-state index in [1.54, 1.807) is 0 Å². The van der Waals surface area contributed by atoms with Gasteiger partial charge in [0.1, 0.15) is 5.25 Å². The van der Waals surface area contributed by atoms with E-state index in [1.165, 1.54) is 7.05 Å². The SMILES string of the molecule is CC1NNC(C)C1S(=O)(=O)N(C)CC(=O)NCCc1ccccc1. The fourth-order valence-corrected chi connectivity index (χ4v) is 4.80. The van der Waals surface area contributed by atoms with Crippen molar-refractivity contribution >= 4 is 15.9 Å². The molecule has 8 heteroatoms. The minimum atomic E-state index is -3.56. The number of hydrazine groups is 1. The van der Waals surface area contributed by atoms with Crippen LogP contribution in [0.2, 0.25) is 0 Å². The molecule has 1 aliphatic heterocycles. The molecule has 3 N–H and O–H groups in total. The van der Waals surface area contributed by atoms with Gasteiger partial charge in [-0.25, -0.2) is 8.42 Å². The molecule has 0 saturated carbocycles. The molecule has 0 bridgehead atoms. The molecule has 1 saturated heterocycles. The molecule has 1 aliphatic rings. The molecule has 0 radical (unpaired) electrons. The molecule has 2 unspecified atom stereocenters. The van der Waals surface area contributed by atoms with Gasteiger partial charge in [-0.05, 0) is 25.8 Å². The molecular weight excluding hydrogens is 328 g/mol. The summed E-state index contributed by atoms with van der Waals surface area (Å²) < 4.78 is 26.4. The van der Waals surface area contributed by atoms with Crippen molar-refractivity contribution in [1.29, 1.82) is 0 Å². The molecule has 2 rings (SSSR count). The maximum absolute atomic E-state index is 12.7. The molecular formula is C16H26N4O3S. The van der Waals surface area contributed by atoms with E-state index in [2.05, 4.69) is 16.2 Å². The van der Waals surface area contributed by atoms with Gasteiger partial charge in [-0.15, -0.1) is 0 Å². The molecule has 0 aliphatic carbocycles. The molecule has 1 heterocycles. The first-order valence-corrected chi connectivity index (χ1v) is 9.59. The molecule has 1 aromatic carbocycles. The monoisotopic (exact) mass is 354 g/mol. The van der Waals surface area contributed by atoms with E-state index in [1.807, 2.05) is 44.2 Å². The third-order valence-electron chi connectivity index (χ3n) is 4.25. The number of sulfonamides is 1. The van der Waals surface area contributed by atoms with Crippen LogP contribution in [0.4, 0.5) is 0 Å². The van der Waals surface area contributed by atoms with Crippen molar-refractivity contribution in [2.75, 3.05) is 20.1 Å². The number of benzene rings is 1. The van der Waals surface area contributed by atoms with Crippen LogP contribution in [0.1, 0.15) is 19.4 Å². The zero-order chi connectivity index (χ0) is 17.7. The number of carbonyl (C=O) groups excluding carboxylic acids is 1. The predicted octanol–water partition coefficient (Wildman–Crippen LogP) is -0.140. The van der Waals surface area contributed by atoms with E-state index in [0.29, 0.717) is 13.0 Å². The lowest BCUT2D eigenvalue weighted by Gasteiger charge is -2.25. The third kappa shape index (κ3) is 4.54. The smallest absolute Gasteiger partial charge is 0.235 e. The molecule has 1 aromatic rings. The molecule has 0 aromatic heterocycles. The summed E-state index contributed by atoms with van der Waals surface area (Å²) in [6.45, 7) is 3.93. The van der Waals surface area contributed by atoms with Crippen molar-refractivity contribution in [1.82, 2.24) is 20.5 Å². The van der Waals surface area contributed by atoms with E-state index >= 15 is 0 Å². The van der Waals surface area contributed by atoms with Gasteiger partial charge in [0.05, 0.1) is 6.54 Å². The van der Waals surface area contributed by atoms with Crippen molar-refractivity contribution < 1.29 is 13.2 Å². The maximum Gasteiger partial charge on any atom is 0.235 e. The Labute approximate surface area is 143 Å². The largest absolute Gasteiger partial charge is 0.355 e. The van der Waals surface area contributed by atoms with E-state index in [4.69, 9.17) is 0 Å². The molecule has 2 atom stereocenters. The number of amides is 1. The van der Waals surface area contributed by atoms with Crippen LogP contribution in [0.15, 0.2) is 30.3 Å². The highest BCUT2D eigenvalue weighted by atomic mass is 32.2. The fourth-order valence-electron chi connectivity index (χ4n) is 2.92. The van der Waals surface area contributed by atoms with Crippen LogP contribution in [0.25, 0.3) is 0 Å². The Hall–Kier alpha value is -1.48. The molecule has 24 heavy (non-hydrogen) atoms. The topological polar surface area (TPSA) is 90.5 Å². The maximum atomic E-state index is 12.7. The minimum Gasteiger partial charge on any atom is -0.355 e. The Balaban J connectivity index is 1.84. The second-order valence-electron chi connectivity index (χ2n) is 6.22. The lowest BCUT2D eigenvalue weighted by molar-refractivity contribution is -0.121. The number of rotatable bonds is 7. The highest BCUT2D eigenvalue weighted by Gasteiger charge is 2.42. The standard InChI is InChI=1S/C16H26N4O3S/c1-12-16(13(2)19-18-12)24(22,23)20(3)11-15(21)17-10-9-14-7-5-4-6-8-14/h4-8,12-13,16,18-19H,9-11H2,1-3H3,(H,17,21). The van der Waals surface area contributed by atoms with Crippen molar-refractivity contribution in [3.8, 4) is 0 Å². The Morgan fingerprint density at radius 2 is 1.75 bits per heavy atom. The van der Waals surface area contributed by atoms with Crippen molar-refractivity contribution in [3.63, 3.8) is 0 Å². The first-order chi connectivity index (χ1) is 11.3. The zero-order valence-electron chi connectivity index (χ0n) is 14.3. The van der Waals surface area contributed by atoms with Crippen LogP contribution in [-0.2, 0) is 21.2 Å². The zero-order valence-corrected chi connectivity index (χ0v) is 15.1. The van der Waals surface area contributed by atoms with E-state index < -0.39 is 15.3 Å². The molecule has 7 nitrogen and oxygen atoms in total. The first-order valence-electron chi connectivity index (χ1n) is 8.09. The van der Waals surface area contributed by atoms with E-state index in [-0.39, 0.29) is 24.5 Å².